The molecular weight excluding hydrogens is 266 g/mol. The highest BCUT2D eigenvalue weighted by Crippen LogP contribution is 2.30. The highest BCUT2D eigenvalue weighted by molar-refractivity contribution is 9.10. The van der Waals surface area contributed by atoms with E-state index in [1.54, 1.807) is 0 Å². The van der Waals surface area contributed by atoms with Crippen molar-refractivity contribution in [3.63, 3.8) is 0 Å². The van der Waals surface area contributed by atoms with Gasteiger partial charge in [0.1, 0.15) is 0 Å². The molecule has 1 atom stereocenters. The molecule has 1 heterocycles. The molecule has 1 unspecified atom stereocenters. The van der Waals surface area contributed by atoms with E-state index in [-0.39, 0.29) is 10.7 Å². The Hall–Kier alpha value is -0.0500. The van der Waals surface area contributed by atoms with Crippen LogP contribution in [0.1, 0.15) is 47.0 Å². The first-order valence-corrected chi connectivity index (χ1v) is 7.18. The number of rotatable bonds is 2. The molecule has 1 rings (SSSR count). The number of hydrogen-bond acceptors (Lipinski definition) is 1. The van der Waals surface area contributed by atoms with Gasteiger partial charge < -0.3 is 4.90 Å². The second-order valence-corrected chi connectivity index (χ2v) is 6.98. The Labute approximate surface area is 108 Å². The van der Waals surface area contributed by atoms with Crippen molar-refractivity contribution in [1.29, 1.82) is 0 Å². The summed E-state index contributed by atoms with van der Waals surface area (Å²) in [5.41, 5.74) is 0.397. The van der Waals surface area contributed by atoms with Crippen LogP contribution in [0.4, 0.5) is 0 Å². The molecule has 3 heteroatoms. The summed E-state index contributed by atoms with van der Waals surface area (Å²) in [5.74, 6) is 0.636. The normalized spacial score (nSPS) is 23.0. The van der Waals surface area contributed by atoms with Crippen molar-refractivity contribution in [2.75, 3.05) is 13.1 Å². The standard InChI is InChI=1S/C13H24BrNO/c1-10(2)11(14)12(16)15-8-5-6-13(3,4)7-9-15/h10-11H,5-9H2,1-4H3. The largest absolute Gasteiger partial charge is 0.342 e. The Morgan fingerprint density at radius 3 is 2.44 bits per heavy atom. The van der Waals surface area contributed by atoms with Gasteiger partial charge in [-0.2, -0.15) is 0 Å². The third-order valence-corrected chi connectivity index (χ3v) is 4.92. The lowest BCUT2D eigenvalue weighted by molar-refractivity contribution is -0.131. The molecule has 0 aromatic rings. The average Bonchev–Trinajstić information content (AvgIpc) is 2.37. The summed E-state index contributed by atoms with van der Waals surface area (Å²) in [6.07, 6.45) is 3.48. The first-order chi connectivity index (χ1) is 7.33. The molecule has 0 saturated carbocycles. The van der Waals surface area contributed by atoms with E-state index in [4.69, 9.17) is 0 Å². The van der Waals surface area contributed by atoms with Crippen molar-refractivity contribution >= 4 is 21.8 Å². The minimum absolute atomic E-state index is 0.0197. The van der Waals surface area contributed by atoms with Crippen LogP contribution >= 0.6 is 15.9 Å². The summed E-state index contributed by atoms with van der Waals surface area (Å²) in [5, 5.41) is 0. The van der Waals surface area contributed by atoms with Crippen LogP contribution < -0.4 is 0 Å². The van der Waals surface area contributed by atoms with Gasteiger partial charge in [0, 0.05) is 13.1 Å². The predicted molar refractivity (Wildman–Crippen MR) is 71.8 cm³/mol. The summed E-state index contributed by atoms with van der Waals surface area (Å²) >= 11 is 3.51. The van der Waals surface area contributed by atoms with Crippen molar-refractivity contribution in [3.05, 3.63) is 0 Å². The molecule has 0 aliphatic carbocycles. The number of hydrogen-bond donors (Lipinski definition) is 0. The molecule has 0 aromatic carbocycles. The first-order valence-electron chi connectivity index (χ1n) is 6.26. The van der Waals surface area contributed by atoms with Gasteiger partial charge in [-0.15, -0.1) is 0 Å². The van der Waals surface area contributed by atoms with E-state index < -0.39 is 0 Å². The highest BCUT2D eigenvalue weighted by atomic mass is 79.9. The molecule has 0 radical (unpaired) electrons. The average molecular weight is 290 g/mol. The van der Waals surface area contributed by atoms with Gasteiger partial charge in [-0.1, -0.05) is 43.6 Å². The molecule has 0 bridgehead atoms. The number of amides is 1. The van der Waals surface area contributed by atoms with Gasteiger partial charge in [-0.3, -0.25) is 4.79 Å². The van der Waals surface area contributed by atoms with Gasteiger partial charge in [-0.05, 0) is 30.6 Å². The van der Waals surface area contributed by atoms with E-state index in [1.165, 1.54) is 6.42 Å². The quantitative estimate of drug-likeness (QED) is 0.713. The second-order valence-electron chi connectivity index (χ2n) is 5.99. The Kier molecular flexibility index (Phi) is 4.84. The topological polar surface area (TPSA) is 20.3 Å². The fourth-order valence-electron chi connectivity index (χ4n) is 2.10. The Morgan fingerprint density at radius 2 is 1.88 bits per heavy atom. The SMILES string of the molecule is CC(C)C(Br)C(=O)N1CCCC(C)(C)CC1. The van der Waals surface area contributed by atoms with Crippen molar-refractivity contribution in [1.82, 2.24) is 4.90 Å². The van der Waals surface area contributed by atoms with Crippen LogP contribution in [-0.4, -0.2) is 28.7 Å². The van der Waals surface area contributed by atoms with E-state index in [1.807, 2.05) is 4.90 Å². The van der Waals surface area contributed by atoms with E-state index in [0.29, 0.717) is 11.3 Å². The van der Waals surface area contributed by atoms with E-state index >= 15 is 0 Å². The maximum Gasteiger partial charge on any atom is 0.236 e. The second kappa shape index (κ2) is 5.52. The smallest absolute Gasteiger partial charge is 0.236 e. The molecule has 0 spiro atoms. The molecular formula is C13H24BrNO. The van der Waals surface area contributed by atoms with Gasteiger partial charge in [-0.25, -0.2) is 0 Å². The molecule has 1 saturated heterocycles. The lowest BCUT2D eigenvalue weighted by Crippen LogP contribution is -2.39. The van der Waals surface area contributed by atoms with E-state index in [9.17, 15) is 4.79 Å². The molecule has 94 valence electrons. The molecule has 1 amide bonds. The molecule has 0 N–H and O–H groups in total. The number of halogens is 1. The predicted octanol–water partition coefficient (Wildman–Crippen LogP) is 3.44. The van der Waals surface area contributed by atoms with Crippen LogP contribution in [0, 0.1) is 11.3 Å². The van der Waals surface area contributed by atoms with Crippen LogP contribution in [0.3, 0.4) is 0 Å². The first kappa shape index (κ1) is 14.0. The van der Waals surface area contributed by atoms with Crippen molar-refractivity contribution < 1.29 is 4.79 Å². The number of carbonyl (C=O) groups excluding carboxylic acids is 1. The van der Waals surface area contributed by atoms with Crippen LogP contribution in [0.2, 0.25) is 0 Å². The van der Waals surface area contributed by atoms with Gasteiger partial charge in [0.25, 0.3) is 0 Å². The zero-order valence-corrected chi connectivity index (χ0v) is 12.5. The highest BCUT2D eigenvalue weighted by Gasteiger charge is 2.29. The van der Waals surface area contributed by atoms with Crippen molar-refractivity contribution in [3.8, 4) is 0 Å². The van der Waals surface area contributed by atoms with E-state index in [2.05, 4.69) is 43.6 Å². The Bertz CT molecular complexity index is 250. The Balaban J connectivity index is 2.58. The minimum atomic E-state index is -0.0197. The van der Waals surface area contributed by atoms with Crippen LogP contribution in [0.5, 0.6) is 0 Å². The van der Waals surface area contributed by atoms with Crippen LogP contribution in [0.15, 0.2) is 0 Å². The molecule has 1 aliphatic heterocycles. The third-order valence-electron chi connectivity index (χ3n) is 3.47. The van der Waals surface area contributed by atoms with Gasteiger partial charge in [0.05, 0.1) is 4.83 Å². The lowest BCUT2D eigenvalue weighted by atomic mass is 9.85. The van der Waals surface area contributed by atoms with Crippen molar-refractivity contribution in [2.24, 2.45) is 11.3 Å². The number of nitrogens with zero attached hydrogens (tertiary/aromatic N) is 1. The summed E-state index contributed by atoms with van der Waals surface area (Å²) < 4.78 is 0. The monoisotopic (exact) mass is 289 g/mol. The van der Waals surface area contributed by atoms with Crippen LogP contribution in [0.25, 0.3) is 0 Å². The minimum Gasteiger partial charge on any atom is -0.342 e. The Morgan fingerprint density at radius 1 is 1.25 bits per heavy atom. The summed E-state index contributed by atoms with van der Waals surface area (Å²) in [6.45, 7) is 10.6. The zero-order valence-electron chi connectivity index (χ0n) is 10.9. The van der Waals surface area contributed by atoms with E-state index in [0.717, 1.165) is 25.9 Å². The van der Waals surface area contributed by atoms with Gasteiger partial charge in [0.15, 0.2) is 0 Å². The third kappa shape index (κ3) is 3.76. The van der Waals surface area contributed by atoms with Crippen molar-refractivity contribution in [2.45, 2.75) is 51.8 Å². The molecule has 1 fully saturated rings. The number of carbonyl (C=O) groups is 1. The lowest BCUT2D eigenvalue weighted by Gasteiger charge is -2.26. The fraction of sp³-hybridized carbons (Fsp3) is 0.923. The maximum atomic E-state index is 12.2. The summed E-state index contributed by atoms with van der Waals surface area (Å²) in [6, 6.07) is 0. The summed E-state index contributed by atoms with van der Waals surface area (Å²) in [7, 11) is 0. The van der Waals surface area contributed by atoms with Gasteiger partial charge >= 0.3 is 0 Å². The molecule has 0 aromatic heterocycles. The number of likely N-dealkylation sites (tertiary alicyclic amines) is 1. The zero-order chi connectivity index (χ0) is 12.3. The molecule has 1 aliphatic rings. The number of alkyl halides is 1. The summed E-state index contributed by atoms with van der Waals surface area (Å²) in [4.78, 5) is 14.2. The fourth-order valence-corrected chi connectivity index (χ4v) is 2.39. The van der Waals surface area contributed by atoms with Gasteiger partial charge in [0.2, 0.25) is 5.91 Å². The molecule has 16 heavy (non-hydrogen) atoms. The molecule has 2 nitrogen and oxygen atoms in total. The maximum absolute atomic E-state index is 12.2. The van der Waals surface area contributed by atoms with Crippen LogP contribution in [-0.2, 0) is 4.79 Å².